The second kappa shape index (κ2) is 8.11. The van der Waals surface area contributed by atoms with Gasteiger partial charge in [-0.2, -0.15) is 0 Å². The quantitative estimate of drug-likeness (QED) is 0.781. The molecule has 0 unspecified atom stereocenters. The Bertz CT molecular complexity index is 284. The summed E-state index contributed by atoms with van der Waals surface area (Å²) in [6.07, 6.45) is 3.78. The molecule has 0 saturated heterocycles. The number of likely N-dealkylation sites (N-methyl/N-ethyl adjacent to an activating group) is 2. The van der Waals surface area contributed by atoms with Gasteiger partial charge in [0.25, 0.3) is 0 Å². The number of hydrogen-bond donors (Lipinski definition) is 0. The van der Waals surface area contributed by atoms with Crippen LogP contribution >= 0.6 is 0 Å². The lowest BCUT2D eigenvalue weighted by atomic mass is 10.3. The molecule has 0 radical (unpaired) electrons. The summed E-state index contributed by atoms with van der Waals surface area (Å²) in [4.78, 5) is 8.58. The van der Waals surface area contributed by atoms with Crippen molar-refractivity contribution in [1.82, 2.24) is 9.88 Å². The summed E-state index contributed by atoms with van der Waals surface area (Å²) in [5.74, 6) is 0. The summed E-state index contributed by atoms with van der Waals surface area (Å²) in [7, 11) is 6.27. The molecule has 1 aromatic rings. The summed E-state index contributed by atoms with van der Waals surface area (Å²) >= 11 is 0. The number of anilines is 1. The fourth-order valence-corrected chi connectivity index (χ4v) is 1.23. The second-order valence-corrected chi connectivity index (χ2v) is 3.95. The number of pyridine rings is 1. The normalized spacial score (nSPS) is 9.69. The first kappa shape index (κ1) is 14.9. The molecule has 0 aliphatic rings. The Morgan fingerprint density at radius 2 is 1.69 bits per heavy atom. The van der Waals surface area contributed by atoms with Crippen LogP contribution in [0.2, 0.25) is 0 Å². The topological polar surface area (TPSA) is 19.4 Å². The maximum Gasteiger partial charge on any atom is 0.0553 e. The van der Waals surface area contributed by atoms with Crippen molar-refractivity contribution in [2.45, 2.75) is 20.8 Å². The molecule has 3 heteroatoms. The van der Waals surface area contributed by atoms with Gasteiger partial charge in [0.05, 0.1) is 11.9 Å². The van der Waals surface area contributed by atoms with Gasteiger partial charge in [-0.15, -0.1) is 0 Å². The molecule has 0 aliphatic carbocycles. The Morgan fingerprint density at radius 3 is 2.19 bits per heavy atom. The van der Waals surface area contributed by atoms with Crippen LogP contribution in [0.1, 0.15) is 19.4 Å². The predicted octanol–water partition coefficient (Wildman–Crippen LogP) is 2.41. The lowest BCUT2D eigenvalue weighted by Crippen LogP contribution is -2.28. The number of aromatic nitrogens is 1. The highest BCUT2D eigenvalue weighted by molar-refractivity contribution is 5.44. The van der Waals surface area contributed by atoms with E-state index in [2.05, 4.69) is 48.9 Å². The smallest absolute Gasteiger partial charge is 0.0553 e. The third-order valence-electron chi connectivity index (χ3n) is 2.18. The third-order valence-corrected chi connectivity index (χ3v) is 2.18. The van der Waals surface area contributed by atoms with Gasteiger partial charge < -0.3 is 9.80 Å². The molecule has 0 aliphatic heterocycles. The molecule has 0 bridgehead atoms. The van der Waals surface area contributed by atoms with Gasteiger partial charge in [0.2, 0.25) is 0 Å². The Morgan fingerprint density at radius 1 is 1.06 bits per heavy atom. The molecule has 0 saturated carbocycles. The molecule has 1 rings (SSSR count). The maximum absolute atomic E-state index is 4.18. The van der Waals surface area contributed by atoms with Crippen molar-refractivity contribution >= 4 is 5.69 Å². The minimum absolute atomic E-state index is 1.03. The standard InChI is InChI=1S/C11H19N3.C2H6/c1-10-7-11(9-12-8-10)14(4)6-5-13(2)3;1-2/h7-9H,5-6H2,1-4H3;1-2H3. The largest absolute Gasteiger partial charge is 0.372 e. The summed E-state index contributed by atoms with van der Waals surface area (Å²) < 4.78 is 0. The molecular formula is C13H25N3. The molecule has 1 heterocycles. The Kier molecular flexibility index (Phi) is 7.56. The van der Waals surface area contributed by atoms with E-state index < -0.39 is 0 Å². The van der Waals surface area contributed by atoms with Gasteiger partial charge in [0.15, 0.2) is 0 Å². The lowest BCUT2D eigenvalue weighted by molar-refractivity contribution is 0.416. The van der Waals surface area contributed by atoms with Crippen LogP contribution in [0.4, 0.5) is 5.69 Å². The van der Waals surface area contributed by atoms with Crippen LogP contribution in [-0.2, 0) is 0 Å². The molecule has 0 spiro atoms. The van der Waals surface area contributed by atoms with Crippen LogP contribution in [0, 0.1) is 6.92 Å². The molecular weight excluding hydrogens is 198 g/mol. The van der Waals surface area contributed by atoms with Crippen molar-refractivity contribution in [2.24, 2.45) is 0 Å². The molecule has 3 nitrogen and oxygen atoms in total. The van der Waals surface area contributed by atoms with Crippen LogP contribution in [0.25, 0.3) is 0 Å². The van der Waals surface area contributed by atoms with Crippen LogP contribution in [0.5, 0.6) is 0 Å². The van der Waals surface area contributed by atoms with Crippen molar-refractivity contribution in [3.05, 3.63) is 24.0 Å². The summed E-state index contributed by atoms with van der Waals surface area (Å²) in [6.45, 7) is 8.15. The summed E-state index contributed by atoms with van der Waals surface area (Å²) in [6, 6.07) is 2.16. The van der Waals surface area contributed by atoms with Gasteiger partial charge in [-0.25, -0.2) is 0 Å². The Balaban J connectivity index is 0.00000106. The fraction of sp³-hybridized carbons (Fsp3) is 0.615. The summed E-state index contributed by atoms with van der Waals surface area (Å²) in [5.41, 5.74) is 2.39. The van der Waals surface area contributed by atoms with Gasteiger partial charge in [-0.1, -0.05) is 13.8 Å². The Hall–Kier alpha value is -1.09. The van der Waals surface area contributed by atoms with Crippen LogP contribution in [0.3, 0.4) is 0 Å². The molecule has 92 valence electrons. The number of aryl methyl sites for hydroxylation is 1. The number of hydrogen-bond acceptors (Lipinski definition) is 3. The minimum Gasteiger partial charge on any atom is -0.372 e. The first-order chi connectivity index (χ1) is 7.59. The average Bonchev–Trinajstić information content (AvgIpc) is 2.28. The highest BCUT2D eigenvalue weighted by Gasteiger charge is 2.01. The van der Waals surface area contributed by atoms with Crippen molar-refractivity contribution < 1.29 is 0 Å². The SMILES string of the molecule is CC.Cc1cncc(N(C)CCN(C)C)c1. The molecule has 0 aromatic carbocycles. The van der Waals surface area contributed by atoms with Gasteiger partial charge in [-0.3, -0.25) is 4.98 Å². The van der Waals surface area contributed by atoms with E-state index in [1.54, 1.807) is 0 Å². The molecule has 16 heavy (non-hydrogen) atoms. The van der Waals surface area contributed by atoms with Crippen LogP contribution in [0.15, 0.2) is 18.5 Å². The van der Waals surface area contributed by atoms with Gasteiger partial charge in [-0.05, 0) is 32.6 Å². The monoisotopic (exact) mass is 223 g/mol. The van der Waals surface area contributed by atoms with Crippen molar-refractivity contribution in [3.8, 4) is 0 Å². The number of nitrogens with zero attached hydrogens (tertiary/aromatic N) is 3. The lowest BCUT2D eigenvalue weighted by Gasteiger charge is -2.21. The fourth-order valence-electron chi connectivity index (χ4n) is 1.23. The molecule has 0 N–H and O–H groups in total. The summed E-state index contributed by atoms with van der Waals surface area (Å²) in [5, 5.41) is 0. The molecule has 0 amide bonds. The van der Waals surface area contributed by atoms with Gasteiger partial charge >= 0.3 is 0 Å². The van der Waals surface area contributed by atoms with Crippen LogP contribution in [-0.4, -0.2) is 44.1 Å². The van der Waals surface area contributed by atoms with E-state index in [4.69, 9.17) is 0 Å². The van der Waals surface area contributed by atoms with E-state index in [1.165, 1.54) is 11.3 Å². The first-order valence-electron chi connectivity index (χ1n) is 5.87. The second-order valence-electron chi connectivity index (χ2n) is 3.95. The van der Waals surface area contributed by atoms with Gasteiger partial charge in [0, 0.05) is 26.3 Å². The highest BCUT2D eigenvalue weighted by atomic mass is 15.2. The molecule has 0 atom stereocenters. The van der Waals surface area contributed by atoms with Crippen LogP contribution < -0.4 is 4.90 Å². The molecule has 0 fully saturated rings. The Labute approximate surface area is 100 Å². The van der Waals surface area contributed by atoms with E-state index in [0.717, 1.165) is 13.1 Å². The predicted molar refractivity (Wildman–Crippen MR) is 72.1 cm³/mol. The molecule has 1 aromatic heterocycles. The van der Waals surface area contributed by atoms with Crippen molar-refractivity contribution in [1.29, 1.82) is 0 Å². The highest BCUT2D eigenvalue weighted by Crippen LogP contribution is 2.11. The van der Waals surface area contributed by atoms with E-state index in [9.17, 15) is 0 Å². The zero-order chi connectivity index (χ0) is 12.6. The van der Waals surface area contributed by atoms with E-state index >= 15 is 0 Å². The zero-order valence-electron chi connectivity index (χ0n) is 11.5. The van der Waals surface area contributed by atoms with Gasteiger partial charge in [0.1, 0.15) is 0 Å². The maximum atomic E-state index is 4.18. The number of rotatable bonds is 4. The minimum atomic E-state index is 1.03. The third kappa shape index (κ3) is 5.71. The van der Waals surface area contributed by atoms with Crippen molar-refractivity contribution in [3.63, 3.8) is 0 Å². The van der Waals surface area contributed by atoms with Crippen molar-refractivity contribution in [2.75, 3.05) is 39.1 Å². The first-order valence-corrected chi connectivity index (χ1v) is 5.87. The van der Waals surface area contributed by atoms with E-state index in [-0.39, 0.29) is 0 Å². The average molecular weight is 223 g/mol. The zero-order valence-corrected chi connectivity index (χ0v) is 11.5. The van der Waals surface area contributed by atoms with E-state index in [0.29, 0.717) is 0 Å². The van der Waals surface area contributed by atoms with E-state index in [1.807, 2.05) is 26.2 Å².